The molecule has 0 aromatic heterocycles. The number of hydrogen-bond donors (Lipinski definition) is 1. The molecule has 0 spiro atoms. The third-order valence-corrected chi connectivity index (χ3v) is 2.02. The van der Waals surface area contributed by atoms with E-state index in [-0.39, 0.29) is 0 Å². The molecule has 1 aromatic carbocycles. The fourth-order valence-electron chi connectivity index (χ4n) is 1.21. The van der Waals surface area contributed by atoms with Crippen molar-refractivity contribution >= 4 is 0 Å². The molecule has 0 unspecified atom stereocenters. The molecule has 3 nitrogen and oxygen atoms in total. The molecule has 1 rings (SSSR count). The summed E-state index contributed by atoms with van der Waals surface area (Å²) in [7, 11) is 1.70. The summed E-state index contributed by atoms with van der Waals surface area (Å²) in [6.07, 6.45) is 0. The lowest BCUT2D eigenvalue weighted by atomic mass is 10.2. The Hall–Kier alpha value is -0.900. The van der Waals surface area contributed by atoms with E-state index in [1.165, 1.54) is 5.56 Å². The molecule has 0 amide bonds. The first kappa shape index (κ1) is 12.2. The van der Waals surface area contributed by atoms with Crippen molar-refractivity contribution in [3.63, 3.8) is 0 Å². The van der Waals surface area contributed by atoms with Gasteiger partial charge in [-0.3, -0.25) is 0 Å². The van der Waals surface area contributed by atoms with Gasteiger partial charge in [-0.15, -0.1) is 0 Å². The average Bonchev–Trinajstić information content (AvgIpc) is 2.29. The summed E-state index contributed by atoms with van der Waals surface area (Å²) < 4.78 is 10.4. The van der Waals surface area contributed by atoms with Gasteiger partial charge < -0.3 is 14.8 Å². The molecular formula is C12H19NO2. The van der Waals surface area contributed by atoms with E-state index >= 15 is 0 Å². The number of rotatable bonds is 8. The zero-order valence-electron chi connectivity index (χ0n) is 9.24. The Balaban J connectivity index is 1.93. The van der Waals surface area contributed by atoms with Gasteiger partial charge in [0.25, 0.3) is 0 Å². The molecule has 84 valence electrons. The largest absolute Gasteiger partial charge is 0.383 e. The lowest BCUT2D eigenvalue weighted by Crippen LogP contribution is -2.23. The van der Waals surface area contributed by atoms with E-state index in [1.54, 1.807) is 7.11 Å². The second-order valence-corrected chi connectivity index (χ2v) is 3.28. The summed E-state index contributed by atoms with van der Waals surface area (Å²) in [6.45, 7) is 3.92. The summed E-state index contributed by atoms with van der Waals surface area (Å²) in [6, 6.07) is 10.2. The van der Waals surface area contributed by atoms with E-state index in [0.29, 0.717) is 6.61 Å². The van der Waals surface area contributed by atoms with Gasteiger partial charge in [0.1, 0.15) is 0 Å². The Bertz CT molecular complexity index is 239. The van der Waals surface area contributed by atoms with Crippen molar-refractivity contribution < 1.29 is 9.47 Å². The molecule has 0 radical (unpaired) electrons. The summed E-state index contributed by atoms with van der Waals surface area (Å²) in [5.74, 6) is 0. The van der Waals surface area contributed by atoms with Crippen LogP contribution in [-0.2, 0) is 16.1 Å². The van der Waals surface area contributed by atoms with Crippen molar-refractivity contribution in [3.05, 3.63) is 35.9 Å². The number of ether oxygens (including phenoxy) is 2. The van der Waals surface area contributed by atoms with Crippen LogP contribution in [-0.4, -0.2) is 33.4 Å². The van der Waals surface area contributed by atoms with Gasteiger partial charge in [-0.2, -0.15) is 0 Å². The number of nitrogens with one attached hydrogen (secondary N) is 1. The van der Waals surface area contributed by atoms with Gasteiger partial charge >= 0.3 is 0 Å². The SMILES string of the molecule is COCCNCCOCc1ccccc1. The first-order chi connectivity index (χ1) is 7.43. The van der Waals surface area contributed by atoms with Crippen molar-refractivity contribution in [2.75, 3.05) is 33.4 Å². The fraction of sp³-hybridized carbons (Fsp3) is 0.500. The molecule has 0 atom stereocenters. The van der Waals surface area contributed by atoms with Gasteiger partial charge in [0.05, 0.1) is 19.8 Å². The molecule has 0 aliphatic heterocycles. The highest BCUT2D eigenvalue weighted by molar-refractivity contribution is 5.13. The lowest BCUT2D eigenvalue weighted by molar-refractivity contribution is 0.120. The van der Waals surface area contributed by atoms with Crippen LogP contribution >= 0.6 is 0 Å². The van der Waals surface area contributed by atoms with Crippen molar-refractivity contribution in [2.45, 2.75) is 6.61 Å². The van der Waals surface area contributed by atoms with Crippen LogP contribution in [0.5, 0.6) is 0 Å². The van der Waals surface area contributed by atoms with E-state index in [4.69, 9.17) is 9.47 Å². The van der Waals surface area contributed by atoms with Crippen LogP contribution in [0.2, 0.25) is 0 Å². The van der Waals surface area contributed by atoms with Crippen molar-refractivity contribution in [1.82, 2.24) is 5.32 Å². The maximum Gasteiger partial charge on any atom is 0.0717 e. The quantitative estimate of drug-likeness (QED) is 0.657. The van der Waals surface area contributed by atoms with E-state index in [2.05, 4.69) is 17.4 Å². The molecule has 3 heteroatoms. The highest BCUT2D eigenvalue weighted by Gasteiger charge is 1.91. The smallest absolute Gasteiger partial charge is 0.0717 e. The van der Waals surface area contributed by atoms with E-state index < -0.39 is 0 Å². The molecule has 0 saturated heterocycles. The van der Waals surface area contributed by atoms with E-state index in [1.807, 2.05) is 18.2 Å². The van der Waals surface area contributed by atoms with Gasteiger partial charge in [-0.1, -0.05) is 30.3 Å². The first-order valence-electron chi connectivity index (χ1n) is 5.25. The minimum Gasteiger partial charge on any atom is -0.383 e. The minimum atomic E-state index is 0.687. The molecule has 1 aromatic rings. The highest BCUT2D eigenvalue weighted by atomic mass is 16.5. The van der Waals surface area contributed by atoms with Crippen molar-refractivity contribution in [1.29, 1.82) is 0 Å². The number of methoxy groups -OCH3 is 1. The van der Waals surface area contributed by atoms with Crippen LogP contribution in [0.1, 0.15) is 5.56 Å². The standard InChI is InChI=1S/C12H19NO2/c1-14-9-7-13-8-10-15-11-12-5-3-2-4-6-12/h2-6,13H,7-11H2,1H3. The summed E-state index contributed by atoms with van der Waals surface area (Å²) >= 11 is 0. The molecule has 0 heterocycles. The molecule has 0 saturated carbocycles. The topological polar surface area (TPSA) is 30.5 Å². The zero-order chi connectivity index (χ0) is 10.8. The molecule has 15 heavy (non-hydrogen) atoms. The lowest BCUT2D eigenvalue weighted by Gasteiger charge is -2.05. The van der Waals surface area contributed by atoms with Crippen molar-refractivity contribution in [2.24, 2.45) is 0 Å². The molecule has 0 aliphatic rings. The van der Waals surface area contributed by atoms with E-state index in [9.17, 15) is 0 Å². The fourth-order valence-corrected chi connectivity index (χ4v) is 1.21. The second kappa shape index (κ2) is 8.41. The van der Waals surface area contributed by atoms with Crippen LogP contribution in [0, 0.1) is 0 Å². The van der Waals surface area contributed by atoms with Gasteiger partial charge in [-0.05, 0) is 5.56 Å². The molecule has 1 N–H and O–H groups in total. The molecular weight excluding hydrogens is 190 g/mol. The second-order valence-electron chi connectivity index (χ2n) is 3.28. The van der Waals surface area contributed by atoms with Gasteiger partial charge in [-0.25, -0.2) is 0 Å². The van der Waals surface area contributed by atoms with Gasteiger partial charge in [0.2, 0.25) is 0 Å². The highest BCUT2D eigenvalue weighted by Crippen LogP contribution is 1.99. The summed E-state index contributed by atoms with van der Waals surface area (Å²) in [5.41, 5.74) is 1.22. The maximum atomic E-state index is 5.50. The predicted octanol–water partition coefficient (Wildman–Crippen LogP) is 1.44. The Morgan fingerprint density at radius 3 is 2.53 bits per heavy atom. The predicted molar refractivity (Wildman–Crippen MR) is 60.8 cm³/mol. The van der Waals surface area contributed by atoms with Crippen LogP contribution in [0.25, 0.3) is 0 Å². The van der Waals surface area contributed by atoms with Crippen LogP contribution in [0.3, 0.4) is 0 Å². The van der Waals surface area contributed by atoms with Crippen LogP contribution < -0.4 is 5.32 Å². The summed E-state index contributed by atoms with van der Waals surface area (Å²) in [4.78, 5) is 0. The third-order valence-electron chi connectivity index (χ3n) is 2.02. The Morgan fingerprint density at radius 1 is 1.07 bits per heavy atom. The zero-order valence-corrected chi connectivity index (χ0v) is 9.24. The molecule has 0 fully saturated rings. The number of hydrogen-bond acceptors (Lipinski definition) is 3. The normalized spacial score (nSPS) is 10.5. The molecule has 0 bridgehead atoms. The Labute approximate surface area is 91.4 Å². The Morgan fingerprint density at radius 2 is 1.80 bits per heavy atom. The first-order valence-corrected chi connectivity index (χ1v) is 5.25. The minimum absolute atomic E-state index is 0.687. The monoisotopic (exact) mass is 209 g/mol. The Kier molecular flexibility index (Phi) is 6.83. The summed E-state index contributed by atoms with van der Waals surface area (Å²) in [5, 5.41) is 3.22. The van der Waals surface area contributed by atoms with Gasteiger partial charge in [0, 0.05) is 20.2 Å². The maximum absolute atomic E-state index is 5.50. The van der Waals surface area contributed by atoms with Crippen molar-refractivity contribution in [3.8, 4) is 0 Å². The van der Waals surface area contributed by atoms with Crippen LogP contribution in [0.15, 0.2) is 30.3 Å². The molecule has 0 aliphatic carbocycles. The average molecular weight is 209 g/mol. The number of benzene rings is 1. The van der Waals surface area contributed by atoms with Gasteiger partial charge in [0.15, 0.2) is 0 Å². The van der Waals surface area contributed by atoms with Crippen LogP contribution in [0.4, 0.5) is 0 Å². The third kappa shape index (κ3) is 6.23. The van der Waals surface area contributed by atoms with E-state index in [0.717, 1.165) is 26.3 Å².